The lowest BCUT2D eigenvalue weighted by Crippen LogP contribution is -2.13. The van der Waals surface area contributed by atoms with Gasteiger partial charge in [-0.05, 0) is 24.3 Å². The zero-order valence-electron chi connectivity index (χ0n) is 12.8. The average molecular weight is 426 g/mol. The molecule has 3 aromatic carbocycles. The topological polar surface area (TPSA) is 76.4 Å². The third-order valence-electron chi connectivity index (χ3n) is 3.77. The normalized spacial score (nSPS) is 11.9. The first-order valence-electron chi connectivity index (χ1n) is 7.28. The highest BCUT2D eigenvalue weighted by molar-refractivity contribution is 7.92. The summed E-state index contributed by atoms with van der Waals surface area (Å²) in [6.45, 7) is 0. The Hall–Kier alpha value is -2.06. The summed E-state index contributed by atoms with van der Waals surface area (Å²) in [6.07, 6.45) is 0. The minimum Gasteiger partial charge on any atom is -0.413 e. The van der Waals surface area contributed by atoms with Crippen molar-refractivity contribution in [1.82, 2.24) is 0 Å². The number of fused-ring (bicyclic) bond motifs is 3. The van der Waals surface area contributed by atoms with Crippen LogP contribution in [-0.2, 0) is 10.0 Å². The molecule has 0 amide bonds. The van der Waals surface area contributed by atoms with Crippen LogP contribution in [0, 0.1) is 0 Å². The van der Waals surface area contributed by atoms with E-state index in [-0.39, 0.29) is 14.9 Å². The van der Waals surface area contributed by atoms with Gasteiger partial charge in [0.25, 0.3) is 10.0 Å². The van der Waals surface area contributed by atoms with Gasteiger partial charge >= 0.3 is 4.94 Å². The third-order valence-corrected chi connectivity index (χ3v) is 6.62. The summed E-state index contributed by atoms with van der Waals surface area (Å²) in [5.74, 6) is 0. The van der Waals surface area contributed by atoms with Crippen LogP contribution in [0.1, 0.15) is 0 Å². The maximum absolute atomic E-state index is 12.8. The molecule has 0 fully saturated rings. The number of benzene rings is 3. The summed E-state index contributed by atoms with van der Waals surface area (Å²) in [7, 11) is -3.99. The highest BCUT2D eigenvalue weighted by atomic mass is 35.5. The van der Waals surface area contributed by atoms with Crippen LogP contribution < -0.4 is 9.66 Å². The van der Waals surface area contributed by atoms with E-state index in [0.717, 1.165) is 11.3 Å². The molecule has 26 heavy (non-hydrogen) atoms. The Morgan fingerprint density at radius 3 is 2.50 bits per heavy atom. The van der Waals surface area contributed by atoms with Gasteiger partial charge in [0.15, 0.2) is 5.58 Å². The van der Waals surface area contributed by atoms with Gasteiger partial charge in [0.1, 0.15) is 4.90 Å². The molecular formula is C17H9Cl2NO4S2. The van der Waals surface area contributed by atoms with Gasteiger partial charge < -0.3 is 4.42 Å². The molecule has 0 saturated heterocycles. The summed E-state index contributed by atoms with van der Waals surface area (Å²) in [5, 5.41) is 1.55. The Morgan fingerprint density at radius 2 is 1.73 bits per heavy atom. The number of anilines is 1. The summed E-state index contributed by atoms with van der Waals surface area (Å²) in [5.41, 5.74) is 0.750. The first kappa shape index (κ1) is 17.4. The summed E-state index contributed by atoms with van der Waals surface area (Å²) in [6, 6.07) is 12.8. The molecule has 0 aliphatic heterocycles. The Bertz CT molecular complexity index is 1330. The molecule has 0 atom stereocenters. The first-order valence-corrected chi connectivity index (χ1v) is 10.3. The van der Waals surface area contributed by atoms with Gasteiger partial charge in [-0.2, -0.15) is 0 Å². The van der Waals surface area contributed by atoms with Crippen molar-refractivity contribution in [3.05, 3.63) is 68.3 Å². The van der Waals surface area contributed by atoms with Crippen LogP contribution in [0.15, 0.2) is 62.6 Å². The van der Waals surface area contributed by atoms with Crippen LogP contribution in [0.5, 0.6) is 0 Å². The van der Waals surface area contributed by atoms with Gasteiger partial charge in [0.2, 0.25) is 0 Å². The molecule has 1 aromatic heterocycles. The third kappa shape index (κ3) is 2.97. The monoisotopic (exact) mass is 425 g/mol. The van der Waals surface area contributed by atoms with Crippen molar-refractivity contribution in [2.45, 2.75) is 4.90 Å². The molecule has 0 bridgehead atoms. The molecule has 4 aromatic rings. The minimum atomic E-state index is -3.99. The molecule has 4 rings (SSSR count). The van der Waals surface area contributed by atoms with Crippen LogP contribution in [0.4, 0.5) is 5.69 Å². The molecule has 0 aliphatic carbocycles. The van der Waals surface area contributed by atoms with Crippen LogP contribution >= 0.6 is 34.5 Å². The zero-order chi connectivity index (χ0) is 18.5. The van der Waals surface area contributed by atoms with Crippen LogP contribution in [0.25, 0.3) is 21.1 Å². The molecule has 0 radical (unpaired) electrons. The van der Waals surface area contributed by atoms with E-state index in [2.05, 4.69) is 4.72 Å². The molecule has 1 N–H and O–H groups in total. The van der Waals surface area contributed by atoms with E-state index in [1.54, 1.807) is 30.3 Å². The number of rotatable bonds is 3. The summed E-state index contributed by atoms with van der Waals surface area (Å²) >= 11 is 12.8. The number of halogens is 2. The summed E-state index contributed by atoms with van der Waals surface area (Å²) < 4.78 is 34.0. The standard InChI is InChI=1S/C17H9Cl2NO4S2/c18-9-5-6-12(19)15(7-9)26(22,23)20-13-8-14-16(24-17(21)25-14)11-4-2-1-3-10(11)13/h1-8,20H. The van der Waals surface area contributed by atoms with Crippen LogP contribution in [0.3, 0.4) is 0 Å². The zero-order valence-corrected chi connectivity index (χ0v) is 16.0. The van der Waals surface area contributed by atoms with Crippen LogP contribution in [0.2, 0.25) is 10.0 Å². The van der Waals surface area contributed by atoms with E-state index in [4.69, 9.17) is 27.6 Å². The maximum atomic E-state index is 12.8. The highest BCUT2D eigenvalue weighted by Crippen LogP contribution is 2.35. The Labute approximate surface area is 161 Å². The molecule has 1 heterocycles. The number of nitrogens with one attached hydrogen (secondary N) is 1. The van der Waals surface area contributed by atoms with E-state index < -0.39 is 15.0 Å². The van der Waals surface area contributed by atoms with E-state index in [1.165, 1.54) is 18.2 Å². The predicted octanol–water partition coefficient (Wildman–Crippen LogP) is 5.12. The molecular weight excluding hydrogens is 417 g/mol. The van der Waals surface area contributed by atoms with Gasteiger partial charge in [0.05, 0.1) is 15.4 Å². The first-order chi connectivity index (χ1) is 12.3. The number of sulfonamides is 1. The second-order valence-corrected chi connectivity index (χ2v) is 8.90. The van der Waals surface area contributed by atoms with Crippen molar-refractivity contribution >= 4 is 71.3 Å². The SMILES string of the molecule is O=c1oc2c(cc(NS(=O)(=O)c3cc(Cl)ccc3Cl)c3ccccc32)s1. The van der Waals surface area contributed by atoms with Crippen molar-refractivity contribution in [2.24, 2.45) is 0 Å². The quantitative estimate of drug-likeness (QED) is 0.494. The molecule has 5 nitrogen and oxygen atoms in total. The molecule has 9 heteroatoms. The lowest BCUT2D eigenvalue weighted by atomic mass is 10.1. The lowest BCUT2D eigenvalue weighted by molar-refractivity contribution is 0.588. The van der Waals surface area contributed by atoms with Gasteiger partial charge in [0, 0.05) is 15.8 Å². The largest absolute Gasteiger partial charge is 0.413 e. The second kappa shape index (κ2) is 6.28. The molecule has 0 unspecified atom stereocenters. The van der Waals surface area contributed by atoms with E-state index in [1.807, 2.05) is 0 Å². The fourth-order valence-electron chi connectivity index (χ4n) is 2.67. The van der Waals surface area contributed by atoms with Crippen molar-refractivity contribution in [1.29, 1.82) is 0 Å². The second-order valence-electron chi connectivity index (χ2n) is 5.43. The highest BCUT2D eigenvalue weighted by Gasteiger charge is 2.21. The van der Waals surface area contributed by atoms with Crippen molar-refractivity contribution < 1.29 is 12.8 Å². The van der Waals surface area contributed by atoms with Gasteiger partial charge in [-0.25, -0.2) is 13.2 Å². The predicted molar refractivity (Wildman–Crippen MR) is 105 cm³/mol. The molecule has 0 spiro atoms. The average Bonchev–Trinajstić information content (AvgIpc) is 2.97. The Balaban J connectivity index is 1.93. The molecule has 0 aliphatic rings. The molecule has 0 saturated carbocycles. The van der Waals surface area contributed by atoms with Crippen molar-refractivity contribution in [3.8, 4) is 0 Å². The van der Waals surface area contributed by atoms with Crippen LogP contribution in [-0.4, -0.2) is 8.42 Å². The van der Waals surface area contributed by atoms with Crippen molar-refractivity contribution in [3.63, 3.8) is 0 Å². The number of hydrogen-bond acceptors (Lipinski definition) is 5. The van der Waals surface area contributed by atoms with E-state index in [9.17, 15) is 13.2 Å². The van der Waals surface area contributed by atoms with E-state index >= 15 is 0 Å². The van der Waals surface area contributed by atoms with Gasteiger partial charge in [-0.1, -0.05) is 58.8 Å². The Morgan fingerprint density at radius 1 is 1.00 bits per heavy atom. The summed E-state index contributed by atoms with van der Waals surface area (Å²) in [4.78, 5) is 11.0. The maximum Gasteiger partial charge on any atom is 0.396 e. The van der Waals surface area contributed by atoms with E-state index in [0.29, 0.717) is 26.7 Å². The fraction of sp³-hybridized carbons (Fsp3) is 0. The van der Waals surface area contributed by atoms with Crippen molar-refractivity contribution in [2.75, 3.05) is 4.72 Å². The lowest BCUT2D eigenvalue weighted by Gasteiger charge is -2.12. The number of hydrogen-bond donors (Lipinski definition) is 1. The van der Waals surface area contributed by atoms with Gasteiger partial charge in [-0.3, -0.25) is 4.72 Å². The Kier molecular flexibility index (Phi) is 4.19. The fourth-order valence-corrected chi connectivity index (χ4v) is 5.23. The van der Waals surface area contributed by atoms with Gasteiger partial charge in [-0.15, -0.1) is 0 Å². The smallest absolute Gasteiger partial charge is 0.396 e. The minimum absolute atomic E-state index is 0.0558. The molecule has 132 valence electrons.